The molecule has 0 bridgehead atoms. The molecule has 0 radical (unpaired) electrons. The largest absolute Gasteiger partial charge is 0.161 e. The lowest BCUT2D eigenvalue weighted by Crippen LogP contribution is -2.73. The third-order valence-electron chi connectivity index (χ3n) is 9.28. The molecule has 200 valence electrons. The van der Waals surface area contributed by atoms with E-state index in [0.717, 1.165) is 12.8 Å². The summed E-state index contributed by atoms with van der Waals surface area (Å²) < 4.78 is 0. The van der Waals surface area contributed by atoms with Crippen LogP contribution in [-0.4, -0.2) is 8.07 Å². The van der Waals surface area contributed by atoms with E-state index in [1.165, 1.54) is 80.2 Å². The standard InChI is InChI=1S/C37H48Si/c1-9-11-13-32-15-19-34(20-16-32)38(36-24-27(3)23-28(4)25-36,37(8)26-29(5)30(6)31(37)7)35-21-17-33(18-22-35)14-12-10-2/h15-26H,9-14H2,1-8H3. The molecule has 1 aliphatic carbocycles. The van der Waals surface area contributed by atoms with E-state index in [9.17, 15) is 0 Å². The normalized spacial score (nSPS) is 17.7. The molecule has 3 aromatic rings. The number of aryl methyl sites for hydroxylation is 4. The van der Waals surface area contributed by atoms with Gasteiger partial charge in [-0.1, -0.05) is 129 Å². The minimum absolute atomic E-state index is 0.0583. The average Bonchev–Trinajstić information content (AvgIpc) is 3.10. The van der Waals surface area contributed by atoms with E-state index in [4.69, 9.17) is 0 Å². The van der Waals surface area contributed by atoms with Crippen LogP contribution in [0.15, 0.2) is 89.5 Å². The van der Waals surface area contributed by atoms with Crippen LogP contribution in [0.2, 0.25) is 5.04 Å². The van der Waals surface area contributed by atoms with Gasteiger partial charge in [-0.05, 0) is 92.6 Å². The second-order valence-electron chi connectivity index (χ2n) is 12.0. The fourth-order valence-corrected chi connectivity index (χ4v) is 13.1. The quantitative estimate of drug-likeness (QED) is 0.186. The van der Waals surface area contributed by atoms with Crippen molar-refractivity contribution in [2.24, 2.45) is 0 Å². The van der Waals surface area contributed by atoms with E-state index in [1.54, 1.807) is 0 Å². The van der Waals surface area contributed by atoms with Crippen LogP contribution in [0.4, 0.5) is 0 Å². The average molecular weight is 521 g/mol. The Morgan fingerprint density at radius 1 is 0.605 bits per heavy atom. The van der Waals surface area contributed by atoms with Gasteiger partial charge in [0.2, 0.25) is 0 Å². The van der Waals surface area contributed by atoms with Crippen molar-refractivity contribution in [2.45, 2.75) is 99.0 Å². The molecule has 0 aromatic heterocycles. The molecular formula is C37H48Si. The highest BCUT2D eigenvalue weighted by Crippen LogP contribution is 2.52. The van der Waals surface area contributed by atoms with Gasteiger partial charge in [-0.2, -0.15) is 0 Å². The van der Waals surface area contributed by atoms with Crippen LogP contribution >= 0.6 is 0 Å². The van der Waals surface area contributed by atoms with Gasteiger partial charge in [0.15, 0.2) is 8.07 Å². The highest BCUT2D eigenvalue weighted by Gasteiger charge is 2.56. The number of rotatable bonds is 10. The molecule has 4 rings (SSSR count). The summed E-state index contributed by atoms with van der Waals surface area (Å²) in [7, 11) is -2.57. The summed E-state index contributed by atoms with van der Waals surface area (Å²) in [6.07, 6.45) is 9.91. The summed E-state index contributed by atoms with van der Waals surface area (Å²) in [5.74, 6) is 0. The number of unbranched alkanes of at least 4 members (excludes halogenated alkanes) is 2. The first-order valence-electron chi connectivity index (χ1n) is 14.8. The Balaban J connectivity index is 2.07. The lowest BCUT2D eigenvalue weighted by atomic mass is 10.0. The first-order chi connectivity index (χ1) is 18.2. The van der Waals surface area contributed by atoms with Crippen molar-refractivity contribution in [2.75, 3.05) is 0 Å². The third-order valence-corrected chi connectivity index (χ3v) is 14.9. The summed E-state index contributed by atoms with van der Waals surface area (Å²) >= 11 is 0. The number of benzene rings is 3. The van der Waals surface area contributed by atoms with Crippen molar-refractivity contribution in [1.29, 1.82) is 0 Å². The zero-order valence-corrected chi connectivity index (χ0v) is 26.2. The lowest BCUT2D eigenvalue weighted by molar-refractivity contribution is 0.795. The molecule has 1 aliphatic rings. The molecule has 0 saturated heterocycles. The van der Waals surface area contributed by atoms with E-state index in [0.29, 0.717) is 0 Å². The van der Waals surface area contributed by atoms with Gasteiger partial charge in [-0.3, -0.25) is 0 Å². The number of hydrogen-bond donors (Lipinski definition) is 0. The van der Waals surface area contributed by atoms with Crippen LogP contribution in [0.3, 0.4) is 0 Å². The molecule has 0 saturated carbocycles. The van der Waals surface area contributed by atoms with Crippen molar-refractivity contribution < 1.29 is 0 Å². The predicted molar refractivity (Wildman–Crippen MR) is 171 cm³/mol. The third kappa shape index (κ3) is 5.03. The van der Waals surface area contributed by atoms with Gasteiger partial charge in [-0.15, -0.1) is 0 Å². The Hall–Kier alpha value is -2.64. The fraction of sp³-hybridized carbons (Fsp3) is 0.405. The maximum Gasteiger partial charge on any atom is 0.161 e. The van der Waals surface area contributed by atoms with Crippen molar-refractivity contribution in [1.82, 2.24) is 0 Å². The summed E-state index contributed by atoms with van der Waals surface area (Å²) in [6, 6.07) is 27.0. The molecule has 0 N–H and O–H groups in total. The summed E-state index contributed by atoms with van der Waals surface area (Å²) in [4.78, 5) is 0. The van der Waals surface area contributed by atoms with Crippen LogP contribution in [0, 0.1) is 13.8 Å². The molecule has 1 heteroatoms. The van der Waals surface area contributed by atoms with E-state index in [-0.39, 0.29) is 5.04 Å². The van der Waals surface area contributed by atoms with Crippen molar-refractivity contribution in [3.63, 3.8) is 0 Å². The first-order valence-corrected chi connectivity index (χ1v) is 16.8. The number of allylic oxidation sites excluding steroid dienone is 4. The van der Waals surface area contributed by atoms with E-state index in [1.807, 2.05) is 0 Å². The van der Waals surface area contributed by atoms with Gasteiger partial charge in [0, 0.05) is 5.04 Å². The highest BCUT2D eigenvalue weighted by atomic mass is 28.3. The SMILES string of the molecule is CCCCc1ccc([Si](c2ccc(CCCC)cc2)(c2cc(C)cc(C)c2)C2(C)C=C(C)C(C)=C2C)cc1. The summed E-state index contributed by atoms with van der Waals surface area (Å²) in [5.41, 5.74) is 10.1. The summed E-state index contributed by atoms with van der Waals surface area (Å²) in [6.45, 7) is 18.7. The first kappa shape index (κ1) is 28.4. The van der Waals surface area contributed by atoms with Gasteiger partial charge in [0.05, 0.1) is 0 Å². The topological polar surface area (TPSA) is 0 Å². The molecule has 0 aliphatic heterocycles. The molecular weight excluding hydrogens is 472 g/mol. The Morgan fingerprint density at radius 3 is 1.42 bits per heavy atom. The van der Waals surface area contributed by atoms with Gasteiger partial charge in [-0.25, -0.2) is 0 Å². The van der Waals surface area contributed by atoms with E-state index >= 15 is 0 Å². The van der Waals surface area contributed by atoms with Gasteiger partial charge in [0.25, 0.3) is 0 Å². The minimum atomic E-state index is -2.57. The molecule has 0 heterocycles. The molecule has 3 aromatic carbocycles. The predicted octanol–water partition coefficient (Wildman–Crippen LogP) is 8.52. The van der Waals surface area contributed by atoms with E-state index < -0.39 is 8.07 Å². The molecule has 0 nitrogen and oxygen atoms in total. The Bertz CT molecular complexity index is 1250. The van der Waals surface area contributed by atoms with Crippen molar-refractivity contribution >= 4 is 23.6 Å². The van der Waals surface area contributed by atoms with Gasteiger partial charge < -0.3 is 0 Å². The van der Waals surface area contributed by atoms with E-state index in [2.05, 4.69) is 128 Å². The lowest BCUT2D eigenvalue weighted by Gasteiger charge is -2.47. The van der Waals surface area contributed by atoms with Crippen LogP contribution in [0.1, 0.15) is 89.5 Å². The molecule has 38 heavy (non-hydrogen) atoms. The van der Waals surface area contributed by atoms with Crippen LogP contribution in [0.5, 0.6) is 0 Å². The smallest absolute Gasteiger partial charge is 0.0730 e. The summed E-state index contributed by atoms with van der Waals surface area (Å²) in [5, 5.41) is 4.50. The molecule has 0 spiro atoms. The Morgan fingerprint density at radius 2 is 1.05 bits per heavy atom. The maximum atomic E-state index is 2.62. The minimum Gasteiger partial charge on any atom is -0.0730 e. The number of hydrogen-bond acceptors (Lipinski definition) is 0. The highest BCUT2D eigenvalue weighted by molar-refractivity contribution is 7.14. The second-order valence-corrected chi connectivity index (χ2v) is 16.3. The van der Waals surface area contributed by atoms with Gasteiger partial charge in [0.1, 0.15) is 0 Å². The zero-order valence-electron chi connectivity index (χ0n) is 25.2. The zero-order chi connectivity index (χ0) is 27.5. The van der Waals surface area contributed by atoms with Crippen molar-refractivity contribution in [3.8, 4) is 0 Å². The molecule has 1 unspecified atom stereocenters. The Kier molecular flexibility index (Phi) is 8.67. The van der Waals surface area contributed by atoms with Crippen LogP contribution in [0.25, 0.3) is 0 Å². The maximum absolute atomic E-state index is 2.62. The fourth-order valence-electron chi connectivity index (χ4n) is 6.92. The van der Waals surface area contributed by atoms with Gasteiger partial charge >= 0.3 is 0 Å². The van der Waals surface area contributed by atoms with Crippen LogP contribution in [-0.2, 0) is 12.8 Å². The molecule has 0 fully saturated rings. The molecule has 1 atom stereocenters. The Labute approximate surface area is 233 Å². The second kappa shape index (κ2) is 11.6. The molecule has 0 amide bonds. The van der Waals surface area contributed by atoms with Crippen LogP contribution < -0.4 is 15.6 Å². The monoisotopic (exact) mass is 520 g/mol. The van der Waals surface area contributed by atoms with Crippen molar-refractivity contribution in [3.05, 3.63) is 112 Å².